The molecule has 0 amide bonds. The van der Waals surface area contributed by atoms with Crippen molar-refractivity contribution >= 4 is 65.0 Å². The first-order chi connectivity index (χ1) is 14.4. The van der Waals surface area contributed by atoms with Gasteiger partial charge in [0, 0.05) is 21.5 Å². The van der Waals surface area contributed by atoms with Gasteiger partial charge in [0.25, 0.3) is 0 Å². The van der Waals surface area contributed by atoms with Gasteiger partial charge in [-0.05, 0) is 38.4 Å². The molecular formula is C28H16O. The Kier molecular flexibility index (Phi) is 2.80. The largest absolute Gasteiger partial charge is 0.455 e. The summed E-state index contributed by atoms with van der Waals surface area (Å²) in [7, 11) is 0. The van der Waals surface area contributed by atoms with Gasteiger partial charge < -0.3 is 4.42 Å². The van der Waals surface area contributed by atoms with Crippen molar-refractivity contribution in [3.63, 3.8) is 0 Å². The number of rotatable bonds is 0. The molecule has 0 aliphatic carbocycles. The quantitative estimate of drug-likeness (QED) is 0.246. The number of furan rings is 1. The summed E-state index contributed by atoms with van der Waals surface area (Å²) < 4.78 is 6.70. The summed E-state index contributed by atoms with van der Waals surface area (Å²) in [6.45, 7) is 0. The summed E-state index contributed by atoms with van der Waals surface area (Å²) in [6.07, 6.45) is 0. The highest BCUT2D eigenvalue weighted by molar-refractivity contribution is 6.33. The Morgan fingerprint density at radius 2 is 0.897 bits per heavy atom. The second-order valence-corrected chi connectivity index (χ2v) is 7.72. The summed E-state index contributed by atoms with van der Waals surface area (Å²) in [5.41, 5.74) is 1.96. The molecule has 1 nitrogen and oxygen atoms in total. The van der Waals surface area contributed by atoms with Crippen LogP contribution < -0.4 is 0 Å². The van der Waals surface area contributed by atoms with Gasteiger partial charge in [-0.1, -0.05) is 91.0 Å². The molecule has 7 rings (SSSR count). The van der Waals surface area contributed by atoms with Gasteiger partial charge in [0.2, 0.25) is 0 Å². The van der Waals surface area contributed by atoms with E-state index < -0.39 is 0 Å². The summed E-state index contributed by atoms with van der Waals surface area (Å²) in [6, 6.07) is 34.6. The number of benzene rings is 6. The maximum Gasteiger partial charge on any atom is 0.143 e. The van der Waals surface area contributed by atoms with E-state index in [4.69, 9.17) is 4.42 Å². The van der Waals surface area contributed by atoms with Crippen LogP contribution in [0, 0.1) is 0 Å². The fraction of sp³-hybridized carbons (Fsp3) is 0. The van der Waals surface area contributed by atoms with Crippen molar-refractivity contribution in [2.45, 2.75) is 0 Å². The van der Waals surface area contributed by atoms with Crippen molar-refractivity contribution in [2.75, 3.05) is 0 Å². The van der Waals surface area contributed by atoms with Gasteiger partial charge in [-0.15, -0.1) is 0 Å². The van der Waals surface area contributed by atoms with Crippen molar-refractivity contribution in [1.29, 1.82) is 0 Å². The Bertz CT molecular complexity index is 1750. The molecule has 1 heteroatoms. The van der Waals surface area contributed by atoms with E-state index in [-0.39, 0.29) is 0 Å². The van der Waals surface area contributed by atoms with E-state index in [1.807, 2.05) is 0 Å². The number of hydrogen-bond acceptors (Lipinski definition) is 1. The number of fused-ring (bicyclic) bond motifs is 12. The van der Waals surface area contributed by atoms with Crippen LogP contribution in [-0.2, 0) is 0 Å². The Morgan fingerprint density at radius 3 is 1.72 bits per heavy atom. The van der Waals surface area contributed by atoms with E-state index in [0.29, 0.717) is 0 Å². The van der Waals surface area contributed by atoms with E-state index in [1.54, 1.807) is 0 Å². The van der Waals surface area contributed by atoms with Gasteiger partial charge in [0.15, 0.2) is 0 Å². The molecule has 0 unspecified atom stereocenters. The van der Waals surface area contributed by atoms with E-state index in [1.165, 1.54) is 53.9 Å². The molecule has 0 spiro atoms. The third-order valence-corrected chi connectivity index (χ3v) is 6.22. The lowest BCUT2D eigenvalue weighted by molar-refractivity contribution is 0.677. The second-order valence-electron chi connectivity index (χ2n) is 7.72. The normalized spacial score (nSPS) is 12.1. The zero-order valence-electron chi connectivity index (χ0n) is 15.6. The monoisotopic (exact) mass is 368 g/mol. The third-order valence-electron chi connectivity index (χ3n) is 6.22. The molecule has 0 saturated carbocycles. The van der Waals surface area contributed by atoms with Gasteiger partial charge in [0.1, 0.15) is 11.2 Å². The third kappa shape index (κ3) is 1.89. The molecule has 1 heterocycles. The van der Waals surface area contributed by atoms with Gasteiger partial charge in [-0.2, -0.15) is 0 Å². The molecule has 7 aromatic rings. The zero-order valence-corrected chi connectivity index (χ0v) is 15.6. The number of hydrogen-bond donors (Lipinski definition) is 0. The molecule has 0 aliphatic heterocycles. The predicted molar refractivity (Wildman–Crippen MR) is 124 cm³/mol. The van der Waals surface area contributed by atoms with E-state index in [9.17, 15) is 0 Å². The van der Waals surface area contributed by atoms with Crippen LogP contribution in [0.15, 0.2) is 101 Å². The topological polar surface area (TPSA) is 13.1 Å². The Morgan fingerprint density at radius 1 is 0.345 bits per heavy atom. The van der Waals surface area contributed by atoms with Gasteiger partial charge in [-0.3, -0.25) is 0 Å². The Labute approximate surface area is 166 Å². The standard InChI is InChI=1S/C28H16O/c1-2-8-19-17(7-1)13-14-18-15-16-24-26-22-11-5-3-9-20(22)21-10-4-6-12-23(21)27(26)29-28(24)25(18)19/h1-16H. The Balaban J connectivity index is 1.85. The van der Waals surface area contributed by atoms with Crippen molar-refractivity contribution in [3.8, 4) is 0 Å². The highest BCUT2D eigenvalue weighted by Crippen LogP contribution is 2.43. The summed E-state index contributed by atoms with van der Waals surface area (Å²) >= 11 is 0. The predicted octanol–water partition coefficient (Wildman–Crippen LogP) is 8.20. The molecule has 29 heavy (non-hydrogen) atoms. The fourth-order valence-electron chi connectivity index (χ4n) is 4.95. The fourth-order valence-corrected chi connectivity index (χ4v) is 4.95. The van der Waals surface area contributed by atoms with Crippen molar-refractivity contribution in [1.82, 2.24) is 0 Å². The lowest BCUT2D eigenvalue weighted by Crippen LogP contribution is -1.80. The SMILES string of the molecule is c1ccc2c(c1)ccc1ccc3c(oc4c5ccccc5c5ccccc5c34)c12. The van der Waals surface area contributed by atoms with Crippen LogP contribution in [0.25, 0.3) is 65.0 Å². The molecular weight excluding hydrogens is 352 g/mol. The molecule has 134 valence electrons. The maximum atomic E-state index is 6.70. The summed E-state index contributed by atoms with van der Waals surface area (Å²) in [5, 5.41) is 12.2. The molecule has 0 atom stereocenters. The van der Waals surface area contributed by atoms with Crippen LogP contribution in [0.4, 0.5) is 0 Å². The van der Waals surface area contributed by atoms with Crippen molar-refractivity contribution in [3.05, 3.63) is 97.1 Å². The first kappa shape index (κ1) is 15.1. The zero-order chi connectivity index (χ0) is 18.9. The molecule has 0 bridgehead atoms. The summed E-state index contributed by atoms with van der Waals surface area (Å²) in [5.74, 6) is 0. The maximum absolute atomic E-state index is 6.70. The van der Waals surface area contributed by atoms with Crippen LogP contribution >= 0.6 is 0 Å². The van der Waals surface area contributed by atoms with E-state index in [0.717, 1.165) is 11.2 Å². The molecule has 6 aromatic carbocycles. The van der Waals surface area contributed by atoms with E-state index >= 15 is 0 Å². The molecule has 0 aliphatic rings. The van der Waals surface area contributed by atoms with Crippen molar-refractivity contribution in [2.24, 2.45) is 0 Å². The molecule has 1 aromatic heterocycles. The molecule has 0 fully saturated rings. The lowest BCUT2D eigenvalue weighted by atomic mass is 9.95. The van der Waals surface area contributed by atoms with Gasteiger partial charge >= 0.3 is 0 Å². The molecule has 0 saturated heterocycles. The Hall–Kier alpha value is -3.84. The van der Waals surface area contributed by atoms with Crippen LogP contribution in [0.5, 0.6) is 0 Å². The molecule has 0 radical (unpaired) electrons. The minimum atomic E-state index is 0.981. The highest BCUT2D eigenvalue weighted by atomic mass is 16.3. The van der Waals surface area contributed by atoms with Crippen LogP contribution in [-0.4, -0.2) is 0 Å². The van der Waals surface area contributed by atoms with Crippen LogP contribution in [0.1, 0.15) is 0 Å². The van der Waals surface area contributed by atoms with Crippen LogP contribution in [0.2, 0.25) is 0 Å². The second kappa shape index (κ2) is 5.36. The van der Waals surface area contributed by atoms with Gasteiger partial charge in [0.05, 0.1) is 0 Å². The van der Waals surface area contributed by atoms with E-state index in [2.05, 4.69) is 97.1 Å². The highest BCUT2D eigenvalue weighted by Gasteiger charge is 2.17. The average molecular weight is 368 g/mol. The first-order valence-electron chi connectivity index (χ1n) is 9.96. The minimum Gasteiger partial charge on any atom is -0.455 e. The van der Waals surface area contributed by atoms with Crippen molar-refractivity contribution < 1.29 is 4.42 Å². The average Bonchev–Trinajstić information content (AvgIpc) is 3.19. The molecule has 0 N–H and O–H groups in total. The minimum absolute atomic E-state index is 0.981. The smallest absolute Gasteiger partial charge is 0.143 e. The van der Waals surface area contributed by atoms with Crippen LogP contribution in [0.3, 0.4) is 0 Å². The van der Waals surface area contributed by atoms with Gasteiger partial charge in [-0.25, -0.2) is 0 Å². The summed E-state index contributed by atoms with van der Waals surface area (Å²) in [4.78, 5) is 0. The lowest BCUT2D eigenvalue weighted by Gasteiger charge is -2.06. The first-order valence-corrected chi connectivity index (χ1v) is 9.96.